The Kier molecular flexibility index (Phi) is 5.54. The fourth-order valence-electron chi connectivity index (χ4n) is 6.37. The normalized spacial score (nSPS) is 28.4. The zero-order valence-corrected chi connectivity index (χ0v) is 19.0. The van der Waals surface area contributed by atoms with E-state index in [1.807, 2.05) is 12.1 Å². The Bertz CT molecular complexity index is 951. The molecule has 3 fully saturated rings. The fourth-order valence-corrected chi connectivity index (χ4v) is 6.37. The molecule has 4 atom stereocenters. The number of rotatable bonds is 5. The molecule has 0 spiro atoms. The third-order valence-corrected chi connectivity index (χ3v) is 7.71. The molecule has 3 aliphatic rings. The molecular weight excluding hydrogens is 390 g/mol. The van der Waals surface area contributed by atoms with Crippen LogP contribution in [0.1, 0.15) is 45.4 Å². The Morgan fingerprint density at radius 3 is 2.61 bits per heavy atom. The van der Waals surface area contributed by atoms with Gasteiger partial charge in [-0.05, 0) is 50.1 Å². The molecule has 5 rings (SSSR count). The summed E-state index contributed by atoms with van der Waals surface area (Å²) < 4.78 is 10.9. The van der Waals surface area contributed by atoms with E-state index >= 15 is 0 Å². The van der Waals surface area contributed by atoms with E-state index in [-0.39, 0.29) is 0 Å². The van der Waals surface area contributed by atoms with Gasteiger partial charge >= 0.3 is 0 Å². The van der Waals surface area contributed by atoms with Gasteiger partial charge in [0.1, 0.15) is 5.82 Å². The van der Waals surface area contributed by atoms with Crippen LogP contribution in [0, 0.1) is 11.8 Å². The Balaban J connectivity index is 1.49. The lowest BCUT2D eigenvalue weighted by Crippen LogP contribution is -2.63. The molecule has 31 heavy (non-hydrogen) atoms. The second-order valence-corrected chi connectivity index (χ2v) is 9.45. The number of benzene rings is 1. The van der Waals surface area contributed by atoms with Crippen molar-refractivity contribution < 1.29 is 9.47 Å². The maximum atomic E-state index is 6.39. The monoisotopic (exact) mass is 425 g/mol. The molecule has 3 saturated heterocycles. The molecule has 0 amide bonds. The van der Waals surface area contributed by atoms with Crippen LogP contribution in [-0.4, -0.2) is 60.8 Å². The van der Waals surface area contributed by atoms with Gasteiger partial charge in [-0.25, -0.2) is 4.98 Å². The summed E-state index contributed by atoms with van der Waals surface area (Å²) in [6.45, 7) is 5.64. The highest BCUT2D eigenvalue weighted by Gasteiger charge is 2.47. The van der Waals surface area contributed by atoms with Gasteiger partial charge in [0.2, 0.25) is 5.95 Å². The zero-order valence-electron chi connectivity index (χ0n) is 19.0. The number of nitrogens with two attached hydrogens (primary N) is 1. The first-order valence-corrected chi connectivity index (χ1v) is 11.8. The maximum Gasteiger partial charge on any atom is 0.227 e. The number of methoxy groups -OCH3 is 2. The Hall–Kier alpha value is -2.28. The van der Waals surface area contributed by atoms with Gasteiger partial charge in [0, 0.05) is 36.6 Å². The summed E-state index contributed by atoms with van der Waals surface area (Å²) >= 11 is 0. The number of fused-ring (bicyclic) bond motifs is 5. The van der Waals surface area contributed by atoms with Crippen LogP contribution in [0.4, 0.5) is 11.8 Å². The van der Waals surface area contributed by atoms with Crippen LogP contribution in [0.2, 0.25) is 0 Å². The smallest absolute Gasteiger partial charge is 0.227 e. The van der Waals surface area contributed by atoms with E-state index in [2.05, 4.69) is 16.7 Å². The Morgan fingerprint density at radius 2 is 1.84 bits per heavy atom. The summed E-state index contributed by atoms with van der Waals surface area (Å²) in [5, 5.41) is 0.806. The minimum Gasteiger partial charge on any atom is -0.493 e. The van der Waals surface area contributed by atoms with E-state index in [9.17, 15) is 0 Å². The van der Waals surface area contributed by atoms with E-state index in [4.69, 9.17) is 25.2 Å². The summed E-state index contributed by atoms with van der Waals surface area (Å²) in [4.78, 5) is 14.9. The summed E-state index contributed by atoms with van der Waals surface area (Å²) in [5.41, 5.74) is 7.20. The molecule has 0 unspecified atom stereocenters. The van der Waals surface area contributed by atoms with Crippen molar-refractivity contribution in [3.63, 3.8) is 0 Å². The maximum absolute atomic E-state index is 6.39. The number of aromatic nitrogens is 2. The minimum absolute atomic E-state index is 0.501. The number of anilines is 2. The van der Waals surface area contributed by atoms with Crippen molar-refractivity contribution in [3.8, 4) is 11.5 Å². The number of nitrogen functional groups attached to an aromatic ring is 1. The lowest BCUT2D eigenvalue weighted by atomic mass is 9.71. The van der Waals surface area contributed by atoms with Crippen LogP contribution in [0.25, 0.3) is 10.9 Å². The van der Waals surface area contributed by atoms with E-state index in [1.165, 1.54) is 45.1 Å². The number of piperidine rings is 3. The molecule has 2 bridgehead atoms. The van der Waals surface area contributed by atoms with Crippen LogP contribution in [0.5, 0.6) is 11.5 Å². The number of hydrogen-bond acceptors (Lipinski definition) is 7. The van der Waals surface area contributed by atoms with Gasteiger partial charge in [-0.1, -0.05) is 19.8 Å². The summed E-state index contributed by atoms with van der Waals surface area (Å²) in [7, 11) is 3.27. The molecular formula is C24H35N5O2. The number of hydrogen-bond donors (Lipinski definition) is 1. The first-order valence-electron chi connectivity index (χ1n) is 11.8. The standard InChI is InChI=1S/C24H35N5O2/c1-4-7-19-15-10-16(20-8-5-6-9-29(19)20)14-28(13-15)24-26-18-12-22(31-3)21(30-2)11-17(18)23(25)27-24/h11-12,15-16,19-20H,4-10,13-14H2,1-3H3,(H2,25,26,27)/t15-,16+,19-,20-/m0/s1. The second-order valence-electron chi connectivity index (χ2n) is 9.45. The molecule has 7 heteroatoms. The summed E-state index contributed by atoms with van der Waals surface area (Å²) in [6.07, 6.45) is 7.94. The molecule has 0 aliphatic carbocycles. The van der Waals surface area contributed by atoms with E-state index in [0.717, 1.165) is 29.9 Å². The van der Waals surface area contributed by atoms with Gasteiger partial charge in [0.15, 0.2) is 11.5 Å². The molecule has 2 N–H and O–H groups in total. The quantitative estimate of drug-likeness (QED) is 0.782. The molecule has 1 aromatic heterocycles. The van der Waals surface area contributed by atoms with E-state index in [0.29, 0.717) is 41.2 Å². The van der Waals surface area contributed by atoms with Crippen LogP contribution >= 0.6 is 0 Å². The first kappa shape index (κ1) is 20.6. The van der Waals surface area contributed by atoms with Gasteiger partial charge < -0.3 is 20.1 Å². The van der Waals surface area contributed by atoms with Gasteiger partial charge in [-0.3, -0.25) is 4.90 Å². The van der Waals surface area contributed by atoms with Crippen LogP contribution in [0.15, 0.2) is 12.1 Å². The molecule has 2 aromatic rings. The highest BCUT2D eigenvalue weighted by atomic mass is 16.5. The number of ether oxygens (including phenoxy) is 2. The minimum atomic E-state index is 0.501. The predicted molar refractivity (Wildman–Crippen MR) is 124 cm³/mol. The lowest BCUT2D eigenvalue weighted by Gasteiger charge is -2.57. The topological polar surface area (TPSA) is 76.7 Å². The molecule has 0 saturated carbocycles. The average molecular weight is 426 g/mol. The molecule has 1 aromatic carbocycles. The van der Waals surface area contributed by atoms with Gasteiger partial charge in [-0.15, -0.1) is 0 Å². The van der Waals surface area contributed by atoms with Crippen molar-refractivity contribution in [1.29, 1.82) is 0 Å². The van der Waals surface area contributed by atoms with Crippen LogP contribution in [-0.2, 0) is 0 Å². The van der Waals surface area contributed by atoms with Crippen LogP contribution in [0.3, 0.4) is 0 Å². The highest BCUT2D eigenvalue weighted by molar-refractivity contribution is 5.91. The van der Waals surface area contributed by atoms with Gasteiger partial charge in [-0.2, -0.15) is 4.98 Å². The predicted octanol–water partition coefficient (Wildman–Crippen LogP) is 3.71. The fraction of sp³-hybridized carbons (Fsp3) is 0.667. The largest absolute Gasteiger partial charge is 0.493 e. The van der Waals surface area contributed by atoms with Crippen molar-refractivity contribution in [2.45, 2.75) is 57.5 Å². The van der Waals surface area contributed by atoms with Crippen molar-refractivity contribution in [2.75, 3.05) is 44.5 Å². The Labute approximate surface area is 184 Å². The molecule has 0 radical (unpaired) electrons. The first-order chi connectivity index (χ1) is 15.1. The van der Waals surface area contributed by atoms with Crippen molar-refractivity contribution in [2.24, 2.45) is 11.8 Å². The average Bonchev–Trinajstić information content (AvgIpc) is 2.80. The molecule has 7 nitrogen and oxygen atoms in total. The third-order valence-electron chi connectivity index (χ3n) is 7.71. The van der Waals surface area contributed by atoms with Crippen molar-refractivity contribution in [1.82, 2.24) is 14.9 Å². The van der Waals surface area contributed by atoms with Crippen molar-refractivity contribution in [3.05, 3.63) is 12.1 Å². The van der Waals surface area contributed by atoms with E-state index < -0.39 is 0 Å². The SMILES string of the molecule is CCC[C@H]1[C@H]2C[C@H](CN(c3nc(N)c4cc(OC)c(OC)cc4n3)C2)[C@@H]2CCCCN21. The second kappa shape index (κ2) is 8.34. The van der Waals surface area contributed by atoms with Gasteiger partial charge in [0.25, 0.3) is 0 Å². The molecule has 4 heterocycles. The third kappa shape index (κ3) is 3.56. The summed E-state index contributed by atoms with van der Waals surface area (Å²) in [6, 6.07) is 5.18. The van der Waals surface area contributed by atoms with E-state index in [1.54, 1.807) is 14.2 Å². The lowest BCUT2D eigenvalue weighted by molar-refractivity contribution is -0.0355. The van der Waals surface area contributed by atoms with Crippen molar-refractivity contribution >= 4 is 22.7 Å². The van der Waals surface area contributed by atoms with Gasteiger partial charge in [0.05, 0.1) is 19.7 Å². The highest BCUT2D eigenvalue weighted by Crippen LogP contribution is 2.43. The van der Waals surface area contributed by atoms with Crippen LogP contribution < -0.4 is 20.1 Å². The Morgan fingerprint density at radius 1 is 1.06 bits per heavy atom. The zero-order chi connectivity index (χ0) is 21.5. The molecule has 3 aliphatic heterocycles. The number of nitrogens with zero attached hydrogens (tertiary/aromatic N) is 4. The molecule has 168 valence electrons. The summed E-state index contributed by atoms with van der Waals surface area (Å²) in [5.74, 6) is 3.94.